The zero-order valence-corrected chi connectivity index (χ0v) is 16.9. The van der Waals surface area contributed by atoms with Crippen LogP contribution in [0.2, 0.25) is 10.0 Å². The van der Waals surface area contributed by atoms with Crippen LogP contribution in [0.1, 0.15) is 19.8 Å². The summed E-state index contributed by atoms with van der Waals surface area (Å²) in [6.07, 6.45) is 3.55. The summed E-state index contributed by atoms with van der Waals surface area (Å²) < 4.78 is 5.67. The molecule has 3 aromatic rings. The Morgan fingerprint density at radius 1 is 1.00 bits per heavy atom. The van der Waals surface area contributed by atoms with Crippen LogP contribution in [0.25, 0.3) is 0 Å². The van der Waals surface area contributed by atoms with E-state index in [1.165, 1.54) is 6.33 Å². The predicted molar refractivity (Wildman–Crippen MR) is 116 cm³/mol. The van der Waals surface area contributed by atoms with Crippen molar-refractivity contribution >= 4 is 51.9 Å². The molecule has 1 aromatic heterocycles. The number of rotatable bonds is 8. The van der Waals surface area contributed by atoms with Crippen LogP contribution in [0.3, 0.4) is 0 Å². The van der Waals surface area contributed by atoms with E-state index in [1.807, 2.05) is 24.3 Å². The molecular formula is C20H21Cl2N5O. The van der Waals surface area contributed by atoms with Gasteiger partial charge in [0.2, 0.25) is 0 Å². The van der Waals surface area contributed by atoms with Gasteiger partial charge in [-0.2, -0.15) is 0 Å². The summed E-state index contributed by atoms with van der Waals surface area (Å²) in [6, 6.07) is 12.7. The van der Waals surface area contributed by atoms with E-state index >= 15 is 0 Å². The molecule has 0 aliphatic carbocycles. The van der Waals surface area contributed by atoms with E-state index in [0.29, 0.717) is 39.7 Å². The van der Waals surface area contributed by atoms with Gasteiger partial charge >= 0.3 is 0 Å². The van der Waals surface area contributed by atoms with Crippen LogP contribution in [0.5, 0.6) is 5.75 Å². The van der Waals surface area contributed by atoms with Gasteiger partial charge in [-0.05, 0) is 48.9 Å². The lowest BCUT2D eigenvalue weighted by Crippen LogP contribution is -2.05. The molecule has 0 amide bonds. The second-order valence-electron chi connectivity index (χ2n) is 6.09. The highest BCUT2D eigenvalue weighted by Gasteiger charge is 2.11. The number of nitrogens with zero attached hydrogens (tertiary/aromatic N) is 2. The molecule has 0 atom stereocenters. The first-order valence-electron chi connectivity index (χ1n) is 8.89. The predicted octanol–water partition coefficient (Wildman–Crippen LogP) is 6.03. The molecule has 0 aliphatic rings. The lowest BCUT2D eigenvalue weighted by molar-refractivity contribution is 0.309. The second kappa shape index (κ2) is 9.48. The average molecular weight is 418 g/mol. The maximum Gasteiger partial charge on any atom is 0.159 e. The third kappa shape index (κ3) is 5.18. The molecule has 3 rings (SSSR count). The largest absolute Gasteiger partial charge is 0.494 e. The van der Waals surface area contributed by atoms with Crippen LogP contribution in [0.15, 0.2) is 48.8 Å². The molecule has 0 unspecified atom stereocenters. The van der Waals surface area contributed by atoms with Gasteiger partial charge in [-0.1, -0.05) is 36.5 Å². The standard InChI is InChI=1S/C20H21Cl2N5O/c1-2-3-10-28-15-7-5-14(6-8-15)26-19-18(23)20(25-12-24-19)27-17-11-13(21)4-9-16(17)22/h4-9,11-12H,2-3,10,23H2,1H3,(H2,24,25,26,27). The summed E-state index contributed by atoms with van der Waals surface area (Å²) in [5.41, 5.74) is 8.03. The van der Waals surface area contributed by atoms with Crippen molar-refractivity contribution in [3.05, 3.63) is 58.8 Å². The Labute approximate surface area is 174 Å². The van der Waals surface area contributed by atoms with Crippen molar-refractivity contribution < 1.29 is 4.74 Å². The first-order chi connectivity index (χ1) is 13.6. The molecule has 146 valence electrons. The molecule has 28 heavy (non-hydrogen) atoms. The fourth-order valence-corrected chi connectivity index (χ4v) is 2.76. The van der Waals surface area contributed by atoms with Crippen molar-refractivity contribution in [2.24, 2.45) is 0 Å². The van der Waals surface area contributed by atoms with Crippen molar-refractivity contribution in [3.63, 3.8) is 0 Å². The van der Waals surface area contributed by atoms with E-state index in [0.717, 1.165) is 24.3 Å². The van der Waals surface area contributed by atoms with Crippen molar-refractivity contribution in [2.45, 2.75) is 19.8 Å². The van der Waals surface area contributed by atoms with Crippen LogP contribution < -0.4 is 21.1 Å². The first-order valence-corrected chi connectivity index (χ1v) is 9.65. The number of hydrogen-bond acceptors (Lipinski definition) is 6. The van der Waals surface area contributed by atoms with Gasteiger partial charge in [0.15, 0.2) is 11.6 Å². The van der Waals surface area contributed by atoms with Gasteiger partial charge in [0.25, 0.3) is 0 Å². The minimum absolute atomic E-state index is 0.363. The van der Waals surface area contributed by atoms with E-state index in [-0.39, 0.29) is 0 Å². The number of aromatic nitrogens is 2. The highest BCUT2D eigenvalue weighted by atomic mass is 35.5. The number of benzene rings is 2. The Bertz CT molecular complexity index is 934. The lowest BCUT2D eigenvalue weighted by Gasteiger charge is -2.14. The molecule has 1 heterocycles. The normalized spacial score (nSPS) is 10.5. The zero-order chi connectivity index (χ0) is 19.9. The van der Waals surface area contributed by atoms with Crippen LogP contribution in [0, 0.1) is 0 Å². The summed E-state index contributed by atoms with van der Waals surface area (Å²) in [5.74, 6) is 1.74. The van der Waals surface area contributed by atoms with E-state index in [2.05, 4.69) is 27.5 Å². The van der Waals surface area contributed by atoms with Gasteiger partial charge in [0.05, 0.1) is 17.3 Å². The van der Waals surface area contributed by atoms with Crippen LogP contribution in [0.4, 0.5) is 28.7 Å². The van der Waals surface area contributed by atoms with E-state index in [9.17, 15) is 0 Å². The van der Waals surface area contributed by atoms with Gasteiger partial charge in [-0.3, -0.25) is 0 Å². The topological polar surface area (TPSA) is 85.1 Å². The number of unbranched alkanes of at least 4 members (excludes halogenated alkanes) is 1. The number of halogens is 2. The van der Waals surface area contributed by atoms with E-state index in [4.69, 9.17) is 33.7 Å². The highest BCUT2D eigenvalue weighted by Crippen LogP contribution is 2.32. The smallest absolute Gasteiger partial charge is 0.159 e. The van der Waals surface area contributed by atoms with Crippen molar-refractivity contribution in [3.8, 4) is 5.75 Å². The molecular weight excluding hydrogens is 397 g/mol. The maximum absolute atomic E-state index is 6.23. The highest BCUT2D eigenvalue weighted by molar-refractivity contribution is 6.35. The summed E-state index contributed by atoms with van der Waals surface area (Å²) in [5, 5.41) is 7.35. The lowest BCUT2D eigenvalue weighted by atomic mass is 10.3. The monoisotopic (exact) mass is 417 g/mol. The van der Waals surface area contributed by atoms with E-state index < -0.39 is 0 Å². The summed E-state index contributed by atoms with van der Waals surface area (Å²) >= 11 is 12.2. The van der Waals surface area contributed by atoms with Crippen molar-refractivity contribution in [1.29, 1.82) is 0 Å². The first kappa shape index (κ1) is 20.0. The fourth-order valence-electron chi connectivity index (χ4n) is 2.42. The number of nitrogens with one attached hydrogen (secondary N) is 2. The van der Waals surface area contributed by atoms with Crippen LogP contribution >= 0.6 is 23.2 Å². The summed E-state index contributed by atoms with van der Waals surface area (Å²) in [7, 11) is 0. The van der Waals surface area contributed by atoms with Gasteiger partial charge in [-0.15, -0.1) is 0 Å². The van der Waals surface area contributed by atoms with Crippen molar-refractivity contribution in [2.75, 3.05) is 23.0 Å². The minimum atomic E-state index is 0.363. The van der Waals surface area contributed by atoms with E-state index in [1.54, 1.807) is 18.2 Å². The zero-order valence-electron chi connectivity index (χ0n) is 15.4. The Balaban J connectivity index is 1.73. The number of anilines is 5. The third-order valence-corrected chi connectivity index (χ3v) is 4.51. The second-order valence-corrected chi connectivity index (χ2v) is 6.93. The molecule has 2 aromatic carbocycles. The molecule has 0 aliphatic heterocycles. The van der Waals surface area contributed by atoms with Gasteiger partial charge in [-0.25, -0.2) is 9.97 Å². The quantitative estimate of drug-likeness (QED) is 0.387. The average Bonchev–Trinajstić information content (AvgIpc) is 2.69. The summed E-state index contributed by atoms with van der Waals surface area (Å²) in [4.78, 5) is 8.41. The minimum Gasteiger partial charge on any atom is -0.494 e. The molecule has 8 heteroatoms. The fraction of sp³-hybridized carbons (Fsp3) is 0.200. The molecule has 0 radical (unpaired) electrons. The summed E-state index contributed by atoms with van der Waals surface area (Å²) in [6.45, 7) is 2.84. The Morgan fingerprint density at radius 3 is 2.43 bits per heavy atom. The van der Waals surface area contributed by atoms with Crippen molar-refractivity contribution in [1.82, 2.24) is 9.97 Å². The number of hydrogen-bond donors (Lipinski definition) is 3. The van der Waals surface area contributed by atoms with Crippen LogP contribution in [-0.4, -0.2) is 16.6 Å². The molecule has 0 fully saturated rings. The van der Waals surface area contributed by atoms with Gasteiger partial charge < -0.3 is 21.1 Å². The Hall–Kier alpha value is -2.70. The number of nitrogens with two attached hydrogens (primary N) is 1. The van der Waals surface area contributed by atoms with Crippen LogP contribution in [-0.2, 0) is 0 Å². The molecule has 0 spiro atoms. The SMILES string of the molecule is CCCCOc1ccc(Nc2ncnc(Nc3cc(Cl)ccc3Cl)c2N)cc1. The molecule has 4 N–H and O–H groups in total. The third-order valence-electron chi connectivity index (χ3n) is 3.95. The number of nitrogen functional groups attached to an aromatic ring is 1. The Kier molecular flexibility index (Phi) is 6.79. The maximum atomic E-state index is 6.23. The molecule has 0 saturated heterocycles. The number of ether oxygens (including phenoxy) is 1. The van der Waals surface area contributed by atoms with Gasteiger partial charge in [0, 0.05) is 10.7 Å². The van der Waals surface area contributed by atoms with Gasteiger partial charge in [0.1, 0.15) is 17.8 Å². The Morgan fingerprint density at radius 2 is 1.71 bits per heavy atom. The molecule has 6 nitrogen and oxygen atoms in total. The molecule has 0 saturated carbocycles. The molecule has 0 bridgehead atoms.